The Balaban J connectivity index is 2.31. The Kier molecular flexibility index (Phi) is 7.50. The summed E-state index contributed by atoms with van der Waals surface area (Å²) in [6.45, 7) is 6.51. The molecule has 2 aromatic carbocycles. The third kappa shape index (κ3) is 6.12. The Labute approximate surface area is 172 Å². The molecule has 0 aliphatic carbocycles. The molecule has 7 nitrogen and oxygen atoms in total. The summed E-state index contributed by atoms with van der Waals surface area (Å²) in [6.07, 6.45) is 0. The van der Waals surface area contributed by atoms with E-state index < -0.39 is 10.1 Å². The lowest BCUT2D eigenvalue weighted by atomic mass is 10.1. The van der Waals surface area contributed by atoms with Crippen LogP contribution in [0.5, 0.6) is 17.2 Å². The highest BCUT2D eigenvalue weighted by Crippen LogP contribution is 2.31. The minimum Gasteiger partial charge on any atom is -0.497 e. The smallest absolute Gasteiger partial charge is 0.339 e. The predicted octanol–water partition coefficient (Wildman–Crippen LogP) is 3.48. The van der Waals surface area contributed by atoms with Crippen LogP contribution in [0.2, 0.25) is 0 Å². The molecule has 29 heavy (non-hydrogen) atoms. The molecule has 0 N–H and O–H groups in total. The number of benzene rings is 2. The molecule has 0 saturated heterocycles. The van der Waals surface area contributed by atoms with Gasteiger partial charge in [-0.05, 0) is 47.9 Å². The number of ether oxygens (including phenoxy) is 2. The van der Waals surface area contributed by atoms with Gasteiger partial charge in [-0.2, -0.15) is 8.42 Å². The van der Waals surface area contributed by atoms with Gasteiger partial charge in [0.15, 0.2) is 11.5 Å². The molecule has 158 valence electrons. The first kappa shape index (κ1) is 22.5. The fraction of sp³-hybridized carbons (Fsp3) is 0.381. The van der Waals surface area contributed by atoms with Crippen molar-refractivity contribution in [1.29, 1.82) is 0 Å². The maximum atomic E-state index is 12.7. The average Bonchev–Trinajstić information content (AvgIpc) is 2.67. The van der Waals surface area contributed by atoms with Crippen LogP contribution in [-0.2, 0) is 21.5 Å². The first-order valence-electron chi connectivity index (χ1n) is 9.17. The van der Waals surface area contributed by atoms with E-state index in [1.165, 1.54) is 33.3 Å². The van der Waals surface area contributed by atoms with Crippen molar-refractivity contribution in [2.75, 3.05) is 20.8 Å². The van der Waals surface area contributed by atoms with Crippen LogP contribution in [-0.4, -0.2) is 40.0 Å². The zero-order valence-electron chi connectivity index (χ0n) is 17.3. The highest BCUT2D eigenvalue weighted by molar-refractivity contribution is 7.87. The van der Waals surface area contributed by atoms with Gasteiger partial charge in [0.2, 0.25) is 5.91 Å². The largest absolute Gasteiger partial charge is 0.497 e. The summed E-state index contributed by atoms with van der Waals surface area (Å²) in [5, 5.41) is 0. The zero-order chi connectivity index (χ0) is 21.6. The van der Waals surface area contributed by atoms with E-state index in [4.69, 9.17) is 13.7 Å². The Morgan fingerprint density at radius 3 is 2.17 bits per heavy atom. The van der Waals surface area contributed by atoms with Crippen molar-refractivity contribution in [2.45, 2.75) is 32.2 Å². The van der Waals surface area contributed by atoms with Crippen LogP contribution < -0.4 is 13.7 Å². The second-order valence-electron chi connectivity index (χ2n) is 6.99. The van der Waals surface area contributed by atoms with Gasteiger partial charge in [0.25, 0.3) is 0 Å². The van der Waals surface area contributed by atoms with Crippen LogP contribution in [0.3, 0.4) is 0 Å². The van der Waals surface area contributed by atoms with Crippen molar-refractivity contribution in [3.63, 3.8) is 0 Å². The molecule has 0 radical (unpaired) electrons. The monoisotopic (exact) mass is 421 g/mol. The maximum absolute atomic E-state index is 12.7. The molecule has 0 aliphatic rings. The summed E-state index contributed by atoms with van der Waals surface area (Å²) in [4.78, 5) is 13.6. The summed E-state index contributed by atoms with van der Waals surface area (Å²) in [6, 6.07) is 10.9. The summed E-state index contributed by atoms with van der Waals surface area (Å²) in [5.74, 6) is 1.14. The first-order chi connectivity index (χ1) is 13.7. The molecule has 1 amide bonds. The van der Waals surface area contributed by atoms with Gasteiger partial charge < -0.3 is 18.6 Å². The van der Waals surface area contributed by atoms with Crippen LogP contribution in [0.25, 0.3) is 0 Å². The number of nitrogens with zero attached hydrogens (tertiary/aromatic N) is 1. The van der Waals surface area contributed by atoms with Gasteiger partial charge in [-0.15, -0.1) is 0 Å². The number of carbonyl (C=O) groups excluding carboxylic acids is 1. The van der Waals surface area contributed by atoms with E-state index >= 15 is 0 Å². The summed E-state index contributed by atoms with van der Waals surface area (Å²) in [7, 11) is -1.13. The molecule has 0 aromatic heterocycles. The van der Waals surface area contributed by atoms with Crippen LogP contribution in [0, 0.1) is 5.92 Å². The van der Waals surface area contributed by atoms with Crippen LogP contribution in [0.1, 0.15) is 26.3 Å². The Hall–Kier alpha value is -2.74. The lowest BCUT2D eigenvalue weighted by molar-refractivity contribution is -0.130. The van der Waals surface area contributed by atoms with Crippen molar-refractivity contribution in [2.24, 2.45) is 5.92 Å². The molecule has 0 fully saturated rings. The molecule has 8 heteroatoms. The van der Waals surface area contributed by atoms with Crippen LogP contribution in [0.15, 0.2) is 47.4 Å². The van der Waals surface area contributed by atoms with E-state index in [2.05, 4.69) is 0 Å². The fourth-order valence-corrected chi connectivity index (χ4v) is 3.69. The van der Waals surface area contributed by atoms with Gasteiger partial charge in [-0.3, -0.25) is 4.79 Å². The van der Waals surface area contributed by atoms with E-state index in [0.717, 1.165) is 5.56 Å². The van der Waals surface area contributed by atoms with Gasteiger partial charge in [-0.25, -0.2) is 0 Å². The predicted molar refractivity (Wildman–Crippen MR) is 110 cm³/mol. The van der Waals surface area contributed by atoms with Gasteiger partial charge >= 0.3 is 10.1 Å². The molecule has 2 aromatic rings. The highest BCUT2D eigenvalue weighted by atomic mass is 32.2. The number of hydrogen-bond acceptors (Lipinski definition) is 6. The van der Waals surface area contributed by atoms with Gasteiger partial charge in [0.1, 0.15) is 10.6 Å². The van der Waals surface area contributed by atoms with Gasteiger partial charge in [-0.1, -0.05) is 19.9 Å². The van der Waals surface area contributed by atoms with E-state index in [9.17, 15) is 13.2 Å². The molecule has 0 heterocycles. The number of hydrogen-bond donors (Lipinski definition) is 0. The quantitative estimate of drug-likeness (QED) is 0.577. The van der Waals surface area contributed by atoms with Crippen molar-refractivity contribution in [1.82, 2.24) is 4.90 Å². The highest BCUT2D eigenvalue weighted by Gasteiger charge is 2.20. The molecule has 0 bridgehead atoms. The van der Waals surface area contributed by atoms with E-state index in [0.29, 0.717) is 24.8 Å². The number of amides is 1. The van der Waals surface area contributed by atoms with Crippen molar-refractivity contribution in [3.8, 4) is 17.2 Å². The van der Waals surface area contributed by atoms with Crippen LogP contribution in [0.4, 0.5) is 0 Å². The topological polar surface area (TPSA) is 82.1 Å². The van der Waals surface area contributed by atoms with Crippen molar-refractivity contribution in [3.05, 3.63) is 48.0 Å². The maximum Gasteiger partial charge on any atom is 0.339 e. The summed E-state index contributed by atoms with van der Waals surface area (Å²) in [5.41, 5.74) is 0.738. The molecule has 0 saturated carbocycles. The average molecular weight is 422 g/mol. The van der Waals surface area contributed by atoms with E-state index in [1.54, 1.807) is 35.2 Å². The first-order valence-corrected chi connectivity index (χ1v) is 10.6. The second-order valence-corrected chi connectivity index (χ2v) is 8.54. The molecule has 0 atom stereocenters. The minimum atomic E-state index is -4.07. The Bertz CT molecular complexity index is 938. The van der Waals surface area contributed by atoms with Crippen molar-refractivity contribution >= 4 is 16.0 Å². The summed E-state index contributed by atoms with van der Waals surface area (Å²) < 4.78 is 41.0. The fourth-order valence-electron chi connectivity index (χ4n) is 2.76. The molecular weight excluding hydrogens is 394 g/mol. The molecule has 0 aliphatic heterocycles. The Morgan fingerprint density at radius 1 is 1.00 bits per heavy atom. The normalized spacial score (nSPS) is 11.2. The van der Waals surface area contributed by atoms with Crippen molar-refractivity contribution < 1.29 is 26.9 Å². The molecule has 0 spiro atoms. The number of carbonyl (C=O) groups is 1. The standard InChI is InChI=1S/C21H27NO6S/c1-15(2)13-22(16(3)23)14-17-6-11-20(27-5)21(12-17)28-29(24,25)19-9-7-18(26-4)8-10-19/h6-12,15H,13-14H2,1-5H3. The minimum absolute atomic E-state index is 0.00377. The second kappa shape index (κ2) is 9.65. The molecular formula is C21H27NO6S. The SMILES string of the molecule is COc1ccc(S(=O)(=O)Oc2cc(CN(CC(C)C)C(C)=O)ccc2OC)cc1. The van der Waals surface area contributed by atoms with Gasteiger partial charge in [0.05, 0.1) is 14.2 Å². The third-order valence-corrected chi connectivity index (χ3v) is 5.43. The Morgan fingerprint density at radius 2 is 1.66 bits per heavy atom. The molecule has 0 unspecified atom stereocenters. The number of rotatable bonds is 9. The number of methoxy groups -OCH3 is 2. The van der Waals surface area contributed by atoms with Crippen LogP contribution >= 0.6 is 0 Å². The summed E-state index contributed by atoms with van der Waals surface area (Å²) >= 11 is 0. The molecule has 2 rings (SSSR count). The lowest BCUT2D eigenvalue weighted by Crippen LogP contribution is -2.31. The van der Waals surface area contributed by atoms with E-state index in [-0.39, 0.29) is 22.3 Å². The zero-order valence-corrected chi connectivity index (χ0v) is 18.2. The lowest BCUT2D eigenvalue weighted by Gasteiger charge is -2.23. The van der Waals surface area contributed by atoms with Gasteiger partial charge in [0, 0.05) is 20.0 Å². The third-order valence-electron chi connectivity index (χ3n) is 4.18. The van der Waals surface area contributed by atoms with E-state index in [1.807, 2.05) is 13.8 Å².